The summed E-state index contributed by atoms with van der Waals surface area (Å²) in [6, 6.07) is 1.49. The van der Waals surface area contributed by atoms with Gasteiger partial charge in [0.05, 0.1) is 0 Å². The molecule has 0 saturated carbocycles. The summed E-state index contributed by atoms with van der Waals surface area (Å²) in [4.78, 5) is 28.0. The lowest BCUT2D eigenvalue weighted by atomic mass is 10.00. The van der Waals surface area contributed by atoms with Crippen molar-refractivity contribution >= 4 is 23.4 Å². The Morgan fingerprint density at radius 1 is 1.58 bits per heavy atom. The van der Waals surface area contributed by atoms with Crippen LogP contribution in [0.2, 0.25) is 0 Å². The maximum atomic E-state index is 14.6. The number of alkyl halides is 1. The van der Waals surface area contributed by atoms with Crippen molar-refractivity contribution in [1.82, 2.24) is 5.06 Å². The molecule has 104 valence electrons. The van der Waals surface area contributed by atoms with E-state index in [-0.39, 0.29) is 5.56 Å². The van der Waals surface area contributed by atoms with Crippen molar-refractivity contribution in [2.45, 2.75) is 32.0 Å². The Kier molecular flexibility index (Phi) is 3.25. The molecule has 1 amide bonds. The molecule has 1 fully saturated rings. The normalized spacial score (nSPS) is 23.4. The van der Waals surface area contributed by atoms with Crippen molar-refractivity contribution in [3.63, 3.8) is 0 Å². The van der Waals surface area contributed by atoms with Crippen molar-refractivity contribution in [2.75, 3.05) is 6.54 Å². The van der Waals surface area contributed by atoms with Gasteiger partial charge >= 0.3 is 12.1 Å². The Bertz CT molecular complexity index is 496. The minimum Gasteiger partial charge on any atom is -0.442 e. The van der Waals surface area contributed by atoms with Gasteiger partial charge in [-0.3, -0.25) is 0 Å². The summed E-state index contributed by atoms with van der Waals surface area (Å²) in [7, 11) is 0. The van der Waals surface area contributed by atoms with Crippen molar-refractivity contribution < 1.29 is 23.6 Å². The van der Waals surface area contributed by atoms with Crippen molar-refractivity contribution in [2.24, 2.45) is 0 Å². The van der Waals surface area contributed by atoms with Gasteiger partial charge in [-0.1, -0.05) is 0 Å². The summed E-state index contributed by atoms with van der Waals surface area (Å²) in [5.74, 6) is -1.10. The Labute approximate surface area is 113 Å². The molecule has 0 aromatic carbocycles. The van der Waals surface area contributed by atoms with Crippen LogP contribution in [0.4, 0.5) is 9.18 Å². The molecule has 1 aliphatic heterocycles. The second kappa shape index (κ2) is 4.48. The third-order valence-electron chi connectivity index (χ3n) is 2.45. The number of amides is 1. The molecule has 0 aliphatic carbocycles. The quantitative estimate of drug-likeness (QED) is 0.796. The van der Waals surface area contributed by atoms with Crippen LogP contribution in [0.3, 0.4) is 0 Å². The molecule has 1 atom stereocenters. The number of nitrogens with zero attached hydrogens (tertiary/aromatic N) is 1. The topological polar surface area (TPSA) is 55.8 Å². The van der Waals surface area contributed by atoms with Gasteiger partial charge in [0.2, 0.25) is 0 Å². The number of carbonyl (C=O) groups is 2. The van der Waals surface area contributed by atoms with E-state index >= 15 is 0 Å². The van der Waals surface area contributed by atoms with E-state index in [9.17, 15) is 14.0 Å². The van der Waals surface area contributed by atoms with Crippen molar-refractivity contribution in [1.29, 1.82) is 0 Å². The lowest BCUT2D eigenvalue weighted by molar-refractivity contribution is -0.169. The number of ether oxygens (including phenoxy) is 1. The van der Waals surface area contributed by atoms with E-state index in [1.54, 1.807) is 26.2 Å². The molecule has 2 heterocycles. The zero-order valence-electron chi connectivity index (χ0n) is 10.8. The molecular formula is C12H14FNO4S. The van der Waals surface area contributed by atoms with Crippen LogP contribution >= 0.6 is 11.3 Å². The summed E-state index contributed by atoms with van der Waals surface area (Å²) in [6.07, 6.45) is -0.879. The van der Waals surface area contributed by atoms with Crippen LogP contribution in [-0.2, 0) is 20.0 Å². The van der Waals surface area contributed by atoms with Crippen LogP contribution in [0.15, 0.2) is 16.8 Å². The van der Waals surface area contributed by atoms with Gasteiger partial charge < -0.3 is 9.57 Å². The molecule has 0 spiro atoms. The molecule has 0 unspecified atom stereocenters. The van der Waals surface area contributed by atoms with Gasteiger partial charge in [0.25, 0.3) is 5.67 Å². The summed E-state index contributed by atoms with van der Waals surface area (Å²) in [5.41, 5.74) is -2.88. The van der Waals surface area contributed by atoms with Gasteiger partial charge in [0.15, 0.2) is 0 Å². The second-order valence-corrected chi connectivity index (χ2v) is 5.99. The second-order valence-electron chi connectivity index (χ2n) is 5.21. The Hall–Kier alpha value is -1.63. The van der Waals surface area contributed by atoms with Gasteiger partial charge in [-0.2, -0.15) is 11.3 Å². The number of carbonyl (C=O) groups excluding carboxylic acids is 2. The van der Waals surface area contributed by atoms with Gasteiger partial charge in [-0.05, 0) is 37.6 Å². The highest BCUT2D eigenvalue weighted by Gasteiger charge is 2.54. The highest BCUT2D eigenvalue weighted by atomic mass is 32.1. The van der Waals surface area contributed by atoms with Gasteiger partial charge in [-0.25, -0.2) is 14.0 Å². The summed E-state index contributed by atoms with van der Waals surface area (Å²) in [5, 5.41) is 3.78. The highest BCUT2D eigenvalue weighted by molar-refractivity contribution is 7.08. The van der Waals surface area contributed by atoms with Crippen LogP contribution < -0.4 is 0 Å². The number of hydrogen-bond acceptors (Lipinski definition) is 5. The molecule has 0 radical (unpaired) electrons. The molecule has 0 N–H and O–H groups in total. The van der Waals surface area contributed by atoms with E-state index in [1.807, 2.05) is 0 Å². The number of hydroxylamine groups is 2. The fourth-order valence-corrected chi connectivity index (χ4v) is 2.30. The monoisotopic (exact) mass is 287 g/mol. The fourth-order valence-electron chi connectivity index (χ4n) is 1.58. The van der Waals surface area contributed by atoms with Crippen LogP contribution in [0.5, 0.6) is 0 Å². The lowest BCUT2D eigenvalue weighted by Gasteiger charge is -2.22. The first-order valence-corrected chi connectivity index (χ1v) is 6.61. The molecule has 1 aromatic rings. The number of thiophene rings is 1. The van der Waals surface area contributed by atoms with Crippen LogP contribution in [0.1, 0.15) is 26.3 Å². The van der Waals surface area contributed by atoms with Gasteiger partial charge in [-0.15, -0.1) is 5.06 Å². The predicted octanol–water partition coefficient (Wildman–Crippen LogP) is 2.62. The number of hydrogen-bond donors (Lipinski definition) is 0. The molecule has 1 saturated heterocycles. The zero-order chi connectivity index (χ0) is 14.3. The van der Waals surface area contributed by atoms with Crippen molar-refractivity contribution in [3.8, 4) is 0 Å². The largest absolute Gasteiger partial charge is 0.443 e. The fraction of sp³-hybridized carbons (Fsp3) is 0.500. The smallest absolute Gasteiger partial charge is 0.442 e. The first-order valence-electron chi connectivity index (χ1n) is 5.67. The predicted molar refractivity (Wildman–Crippen MR) is 66.1 cm³/mol. The lowest BCUT2D eigenvalue weighted by Crippen LogP contribution is -2.36. The Morgan fingerprint density at radius 3 is 2.79 bits per heavy atom. The van der Waals surface area contributed by atoms with E-state index < -0.39 is 29.9 Å². The maximum absolute atomic E-state index is 14.6. The Balaban J connectivity index is 2.14. The molecular weight excluding hydrogens is 273 g/mol. The third kappa shape index (κ3) is 2.70. The van der Waals surface area contributed by atoms with Crippen molar-refractivity contribution in [3.05, 3.63) is 22.4 Å². The standard InChI is InChI=1S/C12H14FNO4S/c1-11(2,3)17-10(16)14-7-12(13,9(15)18-14)8-4-5-19-6-8/h4-6H,7H2,1-3H3/t12-/m1/s1. The van der Waals surface area contributed by atoms with Crippen LogP contribution in [-0.4, -0.2) is 29.3 Å². The van der Waals surface area contributed by atoms with E-state index in [0.717, 1.165) is 0 Å². The molecule has 1 aliphatic rings. The summed E-state index contributed by atoms with van der Waals surface area (Å²) < 4.78 is 19.6. The number of halogens is 1. The average Bonchev–Trinajstić information content (AvgIpc) is 2.86. The third-order valence-corrected chi connectivity index (χ3v) is 3.14. The molecule has 7 heteroatoms. The van der Waals surface area contributed by atoms with Crippen LogP contribution in [0, 0.1) is 0 Å². The minimum atomic E-state index is -2.32. The van der Waals surface area contributed by atoms with Crippen LogP contribution in [0.25, 0.3) is 0 Å². The van der Waals surface area contributed by atoms with E-state index in [2.05, 4.69) is 4.84 Å². The van der Waals surface area contributed by atoms with E-state index in [1.165, 1.54) is 22.8 Å². The first-order chi connectivity index (χ1) is 8.72. The molecule has 0 bridgehead atoms. The Morgan fingerprint density at radius 2 is 2.26 bits per heavy atom. The average molecular weight is 287 g/mol. The van der Waals surface area contributed by atoms with E-state index in [0.29, 0.717) is 5.06 Å². The summed E-state index contributed by atoms with van der Waals surface area (Å²) in [6.45, 7) is 4.51. The molecule has 1 aromatic heterocycles. The molecule has 19 heavy (non-hydrogen) atoms. The van der Waals surface area contributed by atoms with Gasteiger partial charge in [0.1, 0.15) is 12.1 Å². The highest BCUT2D eigenvalue weighted by Crippen LogP contribution is 2.35. The SMILES string of the molecule is CC(C)(C)OC(=O)N1C[C@@](F)(c2ccsc2)C(=O)O1. The van der Waals surface area contributed by atoms with Gasteiger partial charge in [0, 0.05) is 5.56 Å². The minimum absolute atomic E-state index is 0.188. The first kappa shape index (κ1) is 13.8. The molecule has 5 nitrogen and oxygen atoms in total. The number of rotatable bonds is 1. The maximum Gasteiger partial charge on any atom is 0.443 e. The van der Waals surface area contributed by atoms with E-state index in [4.69, 9.17) is 4.74 Å². The molecule has 2 rings (SSSR count). The summed E-state index contributed by atoms with van der Waals surface area (Å²) >= 11 is 1.26. The zero-order valence-corrected chi connectivity index (χ0v) is 11.6.